The zero-order valence-electron chi connectivity index (χ0n) is 15.3. The maximum atomic E-state index is 10.9. The van der Waals surface area contributed by atoms with Gasteiger partial charge in [0.25, 0.3) is 0 Å². The van der Waals surface area contributed by atoms with E-state index in [1.807, 2.05) is 13.8 Å². The van der Waals surface area contributed by atoms with Gasteiger partial charge >= 0.3 is 5.97 Å². The lowest BCUT2D eigenvalue weighted by Crippen LogP contribution is -2.07. The topological polar surface area (TPSA) is 136 Å². The first-order valence-electron chi connectivity index (χ1n) is 8.27. The third-order valence-corrected chi connectivity index (χ3v) is 4.35. The van der Waals surface area contributed by atoms with E-state index in [9.17, 15) is 10.1 Å². The number of nitrogens with zero attached hydrogens (tertiary/aromatic N) is 6. The summed E-state index contributed by atoms with van der Waals surface area (Å²) in [7, 11) is 1.79. The van der Waals surface area contributed by atoms with Gasteiger partial charge in [-0.2, -0.15) is 15.5 Å². The summed E-state index contributed by atoms with van der Waals surface area (Å²) in [5.41, 5.74) is 10.6. The molecule has 0 aliphatic carbocycles. The second kappa shape index (κ2) is 6.92. The van der Waals surface area contributed by atoms with Crippen LogP contribution in [-0.4, -0.2) is 35.6 Å². The molecule has 138 valence electrons. The summed E-state index contributed by atoms with van der Waals surface area (Å²) in [5, 5.41) is 27.0. The molecule has 0 bridgehead atoms. The van der Waals surface area contributed by atoms with Crippen molar-refractivity contribution in [1.82, 2.24) is 24.5 Å². The van der Waals surface area contributed by atoms with Crippen molar-refractivity contribution in [2.45, 2.75) is 26.8 Å². The minimum Gasteiger partial charge on any atom is -0.481 e. The van der Waals surface area contributed by atoms with Gasteiger partial charge in [-0.15, -0.1) is 0 Å². The van der Waals surface area contributed by atoms with Gasteiger partial charge in [0.15, 0.2) is 0 Å². The number of carboxylic acid groups (broad SMARTS) is 1. The maximum absolute atomic E-state index is 10.9. The van der Waals surface area contributed by atoms with E-state index in [1.54, 1.807) is 34.9 Å². The van der Waals surface area contributed by atoms with Crippen LogP contribution in [0.3, 0.4) is 0 Å². The highest BCUT2D eigenvalue weighted by atomic mass is 16.4. The molecule has 3 rings (SSSR count). The number of aliphatic carboxylic acids is 1. The summed E-state index contributed by atoms with van der Waals surface area (Å²) in [5.74, 6) is -0.755. The van der Waals surface area contributed by atoms with Crippen molar-refractivity contribution >= 4 is 11.8 Å². The van der Waals surface area contributed by atoms with Crippen LogP contribution in [0.15, 0.2) is 18.5 Å². The Bertz CT molecular complexity index is 1070. The van der Waals surface area contributed by atoms with Crippen molar-refractivity contribution in [3.8, 4) is 28.5 Å². The lowest BCUT2D eigenvalue weighted by Gasteiger charge is -2.09. The highest BCUT2D eigenvalue weighted by molar-refractivity contribution is 5.80. The number of hydrogen-bond donors (Lipinski definition) is 2. The van der Waals surface area contributed by atoms with E-state index < -0.39 is 5.97 Å². The van der Waals surface area contributed by atoms with E-state index in [4.69, 9.17) is 10.8 Å². The van der Waals surface area contributed by atoms with E-state index in [0.29, 0.717) is 22.5 Å². The van der Waals surface area contributed by atoms with Gasteiger partial charge in [-0.1, -0.05) is 0 Å². The van der Waals surface area contributed by atoms with E-state index >= 15 is 0 Å². The molecule has 27 heavy (non-hydrogen) atoms. The molecule has 3 aromatic heterocycles. The van der Waals surface area contributed by atoms with Crippen LogP contribution in [0.25, 0.3) is 22.4 Å². The molecular weight excluding hydrogens is 346 g/mol. The zero-order valence-corrected chi connectivity index (χ0v) is 15.3. The van der Waals surface area contributed by atoms with Crippen LogP contribution in [0.1, 0.15) is 23.4 Å². The highest BCUT2D eigenvalue weighted by Crippen LogP contribution is 2.33. The molecule has 3 aromatic rings. The maximum Gasteiger partial charge on any atom is 0.305 e. The Hall–Kier alpha value is -3.67. The van der Waals surface area contributed by atoms with Crippen molar-refractivity contribution in [1.29, 1.82) is 5.26 Å². The monoisotopic (exact) mass is 365 g/mol. The number of hydrogen-bond acceptors (Lipinski definition) is 6. The predicted molar refractivity (Wildman–Crippen MR) is 98.5 cm³/mol. The van der Waals surface area contributed by atoms with Gasteiger partial charge < -0.3 is 10.8 Å². The van der Waals surface area contributed by atoms with Crippen molar-refractivity contribution in [2.24, 2.45) is 7.05 Å². The van der Waals surface area contributed by atoms with E-state index in [2.05, 4.69) is 21.3 Å². The average molecular weight is 365 g/mol. The minimum absolute atomic E-state index is 0.0225. The number of carboxylic acids is 1. The molecule has 0 saturated carbocycles. The Morgan fingerprint density at radius 3 is 2.74 bits per heavy atom. The van der Waals surface area contributed by atoms with E-state index in [-0.39, 0.29) is 18.8 Å². The fourth-order valence-corrected chi connectivity index (χ4v) is 3.09. The molecule has 9 heteroatoms. The first-order chi connectivity index (χ1) is 12.8. The lowest BCUT2D eigenvalue weighted by molar-refractivity contribution is -0.137. The highest BCUT2D eigenvalue weighted by Gasteiger charge is 2.20. The molecule has 0 spiro atoms. The third kappa shape index (κ3) is 3.37. The van der Waals surface area contributed by atoms with E-state index in [1.165, 1.54) is 0 Å². The Morgan fingerprint density at radius 1 is 1.41 bits per heavy atom. The SMILES string of the molecule is Cc1nn(CCC(=O)O)c(C)c1-c1cc(-c2cnn(C)c2)c(C#N)c(N)n1. The van der Waals surface area contributed by atoms with Gasteiger partial charge in [0, 0.05) is 35.6 Å². The number of rotatable bonds is 5. The van der Waals surface area contributed by atoms with Crippen molar-refractivity contribution in [3.63, 3.8) is 0 Å². The van der Waals surface area contributed by atoms with Crippen LogP contribution in [-0.2, 0) is 18.4 Å². The quantitative estimate of drug-likeness (QED) is 0.704. The summed E-state index contributed by atoms with van der Waals surface area (Å²) < 4.78 is 3.30. The Kier molecular flexibility index (Phi) is 4.64. The van der Waals surface area contributed by atoms with Crippen LogP contribution in [0.5, 0.6) is 0 Å². The molecule has 0 fully saturated rings. The van der Waals surface area contributed by atoms with Crippen LogP contribution >= 0.6 is 0 Å². The fourth-order valence-electron chi connectivity index (χ4n) is 3.09. The number of aromatic nitrogens is 5. The average Bonchev–Trinajstić information content (AvgIpc) is 3.15. The summed E-state index contributed by atoms with van der Waals surface area (Å²) in [4.78, 5) is 15.3. The number of pyridine rings is 1. The molecule has 0 saturated heterocycles. The van der Waals surface area contributed by atoms with Gasteiger partial charge in [0.05, 0.1) is 30.6 Å². The van der Waals surface area contributed by atoms with Crippen LogP contribution < -0.4 is 5.73 Å². The number of aryl methyl sites for hydroxylation is 3. The Labute approximate surface area is 155 Å². The number of nitriles is 1. The summed E-state index contributed by atoms with van der Waals surface area (Å²) in [6.07, 6.45) is 3.44. The molecule has 9 nitrogen and oxygen atoms in total. The van der Waals surface area contributed by atoms with Gasteiger partial charge in [0.2, 0.25) is 0 Å². The molecule has 0 aliphatic heterocycles. The minimum atomic E-state index is -0.885. The summed E-state index contributed by atoms with van der Waals surface area (Å²) in [6, 6.07) is 3.90. The molecule has 0 unspecified atom stereocenters. The van der Waals surface area contributed by atoms with Gasteiger partial charge in [-0.05, 0) is 19.9 Å². The Balaban J connectivity index is 2.15. The standard InChI is InChI=1S/C18H19N7O2/c1-10-17(11(2)25(23-10)5-4-16(26)27)15-6-13(12-8-21-24(3)9-12)14(7-19)18(20)22-15/h6,8-9H,4-5H2,1-3H3,(H2,20,22)(H,26,27). The largest absolute Gasteiger partial charge is 0.481 e. The predicted octanol–water partition coefficient (Wildman–Crippen LogP) is 1.89. The second-order valence-electron chi connectivity index (χ2n) is 6.24. The molecule has 3 N–H and O–H groups in total. The van der Waals surface area contributed by atoms with Gasteiger partial charge in [0.1, 0.15) is 17.5 Å². The Morgan fingerprint density at radius 2 is 2.15 bits per heavy atom. The third-order valence-electron chi connectivity index (χ3n) is 4.35. The molecule has 3 heterocycles. The van der Waals surface area contributed by atoms with Crippen LogP contribution in [0, 0.1) is 25.2 Å². The van der Waals surface area contributed by atoms with Crippen LogP contribution in [0.4, 0.5) is 5.82 Å². The molecule has 0 aromatic carbocycles. The molecule has 0 atom stereocenters. The molecular formula is C18H19N7O2. The number of carbonyl (C=O) groups is 1. The molecule has 0 aliphatic rings. The lowest BCUT2D eigenvalue weighted by atomic mass is 10.00. The summed E-state index contributed by atoms with van der Waals surface area (Å²) >= 11 is 0. The fraction of sp³-hybridized carbons (Fsp3) is 0.278. The first-order valence-corrected chi connectivity index (χ1v) is 8.27. The summed E-state index contributed by atoms with van der Waals surface area (Å²) in [6.45, 7) is 3.96. The van der Waals surface area contributed by atoms with Crippen molar-refractivity contribution < 1.29 is 9.90 Å². The number of anilines is 1. The van der Waals surface area contributed by atoms with Gasteiger partial charge in [-0.3, -0.25) is 14.2 Å². The smallest absolute Gasteiger partial charge is 0.305 e. The molecule has 0 amide bonds. The number of nitrogens with two attached hydrogens (primary N) is 1. The second-order valence-corrected chi connectivity index (χ2v) is 6.24. The van der Waals surface area contributed by atoms with Crippen molar-refractivity contribution in [2.75, 3.05) is 5.73 Å². The van der Waals surface area contributed by atoms with E-state index in [0.717, 1.165) is 16.8 Å². The first kappa shape index (κ1) is 18.1. The number of nitrogen functional groups attached to an aromatic ring is 1. The molecule has 0 radical (unpaired) electrons. The van der Waals surface area contributed by atoms with Crippen molar-refractivity contribution in [3.05, 3.63) is 35.4 Å². The zero-order chi connectivity index (χ0) is 19.7. The normalized spacial score (nSPS) is 10.7. The van der Waals surface area contributed by atoms with Gasteiger partial charge in [-0.25, -0.2) is 4.98 Å². The van der Waals surface area contributed by atoms with Crippen LogP contribution in [0.2, 0.25) is 0 Å².